The summed E-state index contributed by atoms with van der Waals surface area (Å²) in [5.41, 5.74) is 5.39. The van der Waals surface area contributed by atoms with Crippen LogP contribution in [0.15, 0.2) is 29.8 Å². The van der Waals surface area contributed by atoms with Crippen LogP contribution in [0.4, 0.5) is 23.8 Å². The molecule has 194 valence electrons. The van der Waals surface area contributed by atoms with Gasteiger partial charge in [0.25, 0.3) is 5.91 Å². The minimum atomic E-state index is -4.70. The zero-order chi connectivity index (χ0) is 27.1. The van der Waals surface area contributed by atoms with Gasteiger partial charge in [0, 0.05) is 25.0 Å². The first-order chi connectivity index (χ1) is 17.4. The van der Waals surface area contributed by atoms with Gasteiger partial charge in [-0.2, -0.15) is 13.2 Å². The quantitative estimate of drug-likeness (QED) is 0.517. The predicted octanol–water partition coefficient (Wildman–Crippen LogP) is -0.303. The molecule has 0 spiro atoms. The minimum absolute atomic E-state index is 0.0282. The molecule has 3 atom stereocenters. The normalized spacial score (nSPS) is 20.2. The van der Waals surface area contributed by atoms with Crippen LogP contribution < -0.4 is 11.1 Å². The maximum atomic E-state index is 13.0. The molecule has 4 heterocycles. The standard InChI is InChI=1S/C20H19F3N10O4/c1-9(33-8-28-15-14(33)17(36)32(7-12(24)34)19(37)31(15)2)16(35)30-13-6-25-5-11(29-13)10-3-26-18(27-4-10)20(21,22)23/h3-6,8-9,14-15H,7H2,1-2H3,(H2,24,34)(H,29,30,35)/t9-,14?,15?/m0/s1. The Balaban J connectivity index is 1.49. The van der Waals surface area contributed by atoms with Gasteiger partial charge in [0.05, 0.1) is 24.4 Å². The average Bonchev–Trinajstić information content (AvgIpc) is 3.30. The van der Waals surface area contributed by atoms with Crippen LogP contribution in [0.2, 0.25) is 0 Å². The number of urea groups is 1. The molecule has 17 heteroatoms. The molecule has 2 aliphatic heterocycles. The number of rotatable bonds is 6. The fraction of sp³-hybridized carbons (Fsp3) is 0.350. The van der Waals surface area contributed by atoms with Crippen LogP contribution in [0.1, 0.15) is 12.7 Å². The molecule has 5 amide bonds. The van der Waals surface area contributed by atoms with Crippen LogP contribution in [0, 0.1) is 0 Å². The summed E-state index contributed by atoms with van der Waals surface area (Å²) in [6, 6.07) is -2.83. The summed E-state index contributed by atoms with van der Waals surface area (Å²) in [7, 11) is 1.40. The largest absolute Gasteiger partial charge is 0.451 e. The topological polar surface area (TPSA) is 180 Å². The molecular weight excluding hydrogens is 501 g/mol. The summed E-state index contributed by atoms with van der Waals surface area (Å²) in [5, 5.41) is 2.52. The number of nitrogens with one attached hydrogen (secondary N) is 1. The van der Waals surface area contributed by atoms with Crippen LogP contribution in [0.25, 0.3) is 11.3 Å². The van der Waals surface area contributed by atoms with E-state index in [-0.39, 0.29) is 17.1 Å². The number of nitrogens with zero attached hydrogens (tertiary/aromatic N) is 8. The van der Waals surface area contributed by atoms with E-state index in [0.29, 0.717) is 4.90 Å². The average molecular weight is 520 g/mol. The van der Waals surface area contributed by atoms with Gasteiger partial charge in [-0.3, -0.25) is 24.3 Å². The number of halogens is 3. The van der Waals surface area contributed by atoms with Crippen LogP contribution in [0.3, 0.4) is 0 Å². The second-order valence-corrected chi connectivity index (χ2v) is 8.10. The summed E-state index contributed by atoms with van der Waals surface area (Å²) >= 11 is 0. The third kappa shape index (κ3) is 4.87. The summed E-state index contributed by atoms with van der Waals surface area (Å²) in [4.78, 5) is 71.8. The Hall–Kier alpha value is -4.70. The molecule has 0 saturated carbocycles. The first-order valence-corrected chi connectivity index (χ1v) is 10.6. The summed E-state index contributed by atoms with van der Waals surface area (Å²) in [5.74, 6) is -3.60. The number of aromatic nitrogens is 4. The predicted molar refractivity (Wildman–Crippen MR) is 118 cm³/mol. The van der Waals surface area contributed by atoms with E-state index in [1.54, 1.807) is 0 Å². The maximum Gasteiger partial charge on any atom is 0.451 e. The van der Waals surface area contributed by atoms with Crippen molar-refractivity contribution in [3.05, 3.63) is 30.6 Å². The van der Waals surface area contributed by atoms with E-state index in [4.69, 9.17) is 5.73 Å². The van der Waals surface area contributed by atoms with Gasteiger partial charge < -0.3 is 20.9 Å². The molecule has 0 bridgehead atoms. The Labute approximate surface area is 206 Å². The monoisotopic (exact) mass is 520 g/mol. The van der Waals surface area contributed by atoms with Crippen molar-refractivity contribution < 1.29 is 32.3 Å². The fourth-order valence-electron chi connectivity index (χ4n) is 3.76. The Morgan fingerprint density at radius 1 is 1.16 bits per heavy atom. The highest BCUT2D eigenvalue weighted by atomic mass is 19.4. The fourth-order valence-corrected chi connectivity index (χ4v) is 3.76. The van der Waals surface area contributed by atoms with E-state index in [1.807, 2.05) is 0 Å². The van der Waals surface area contributed by atoms with Gasteiger partial charge in [-0.1, -0.05) is 0 Å². The molecule has 2 aromatic heterocycles. The van der Waals surface area contributed by atoms with Gasteiger partial charge in [-0.25, -0.2) is 24.7 Å². The van der Waals surface area contributed by atoms with E-state index in [0.717, 1.165) is 17.3 Å². The van der Waals surface area contributed by atoms with Crippen molar-refractivity contribution >= 4 is 35.9 Å². The lowest BCUT2D eigenvalue weighted by atomic mass is 10.1. The molecule has 37 heavy (non-hydrogen) atoms. The highest BCUT2D eigenvalue weighted by Gasteiger charge is 2.51. The number of likely N-dealkylation sites (N-methyl/N-ethyl adjacent to an activating group) is 1. The number of hydrogen-bond donors (Lipinski definition) is 2. The van der Waals surface area contributed by atoms with Crippen molar-refractivity contribution in [2.75, 3.05) is 18.9 Å². The van der Waals surface area contributed by atoms with Gasteiger partial charge in [-0.15, -0.1) is 0 Å². The number of alkyl halides is 3. The highest BCUT2D eigenvalue weighted by Crippen LogP contribution is 2.28. The third-order valence-electron chi connectivity index (χ3n) is 5.63. The minimum Gasteiger partial charge on any atom is -0.368 e. The second kappa shape index (κ2) is 9.40. The number of hydrogen-bond acceptors (Lipinski definition) is 10. The zero-order valence-electron chi connectivity index (χ0n) is 19.2. The summed E-state index contributed by atoms with van der Waals surface area (Å²) in [6.07, 6.45) is -0.0276. The highest BCUT2D eigenvalue weighted by molar-refractivity contribution is 6.05. The lowest BCUT2D eigenvalue weighted by Gasteiger charge is -2.41. The molecule has 0 aromatic carbocycles. The molecule has 0 aliphatic carbocycles. The molecule has 4 rings (SSSR count). The zero-order valence-corrected chi connectivity index (χ0v) is 19.2. The molecule has 1 saturated heterocycles. The van der Waals surface area contributed by atoms with E-state index in [9.17, 15) is 32.3 Å². The molecule has 2 aromatic rings. The summed E-state index contributed by atoms with van der Waals surface area (Å²) < 4.78 is 38.1. The lowest BCUT2D eigenvalue weighted by Crippen LogP contribution is -2.67. The Kier molecular flexibility index (Phi) is 6.45. The van der Waals surface area contributed by atoms with Crippen molar-refractivity contribution in [1.29, 1.82) is 0 Å². The number of carbonyl (C=O) groups is 4. The van der Waals surface area contributed by atoms with E-state index in [1.165, 1.54) is 37.6 Å². The molecule has 3 N–H and O–H groups in total. The smallest absolute Gasteiger partial charge is 0.368 e. The molecule has 0 radical (unpaired) electrons. The van der Waals surface area contributed by atoms with Gasteiger partial charge >= 0.3 is 12.2 Å². The van der Waals surface area contributed by atoms with Crippen LogP contribution in [-0.4, -0.2) is 96.6 Å². The van der Waals surface area contributed by atoms with Crippen molar-refractivity contribution in [3.8, 4) is 11.3 Å². The van der Waals surface area contributed by atoms with Gasteiger partial charge in [0.15, 0.2) is 18.0 Å². The van der Waals surface area contributed by atoms with Crippen molar-refractivity contribution in [3.63, 3.8) is 0 Å². The van der Waals surface area contributed by atoms with Gasteiger partial charge in [-0.05, 0) is 6.92 Å². The Morgan fingerprint density at radius 3 is 2.46 bits per heavy atom. The molecular formula is C20H19F3N10O4. The SMILES string of the molecule is C[C@@H](C(=O)Nc1cncc(-c2cnc(C(F)(F)F)nc2)n1)N1C=NC2C1C(=O)N(CC(N)=O)C(=O)N2C. The van der Waals surface area contributed by atoms with Gasteiger partial charge in [0.2, 0.25) is 17.6 Å². The number of amides is 5. The summed E-state index contributed by atoms with van der Waals surface area (Å²) in [6.45, 7) is 0.850. The molecule has 1 fully saturated rings. The number of anilines is 1. The number of fused-ring (bicyclic) bond motifs is 1. The third-order valence-corrected chi connectivity index (χ3v) is 5.63. The number of aliphatic imine (C=N–C) groups is 1. The Morgan fingerprint density at radius 2 is 1.84 bits per heavy atom. The maximum absolute atomic E-state index is 13.0. The van der Waals surface area contributed by atoms with Crippen LogP contribution in [-0.2, 0) is 20.6 Å². The molecule has 14 nitrogen and oxygen atoms in total. The number of nitrogens with two attached hydrogens (primary N) is 1. The van der Waals surface area contributed by atoms with Crippen molar-refractivity contribution in [1.82, 2.24) is 34.6 Å². The Bertz CT molecular complexity index is 1290. The van der Waals surface area contributed by atoms with E-state index < -0.39 is 60.5 Å². The second-order valence-electron chi connectivity index (χ2n) is 8.10. The first-order valence-electron chi connectivity index (χ1n) is 10.6. The number of imide groups is 1. The number of carbonyl (C=O) groups excluding carboxylic acids is 4. The van der Waals surface area contributed by atoms with Crippen molar-refractivity contribution in [2.45, 2.75) is 31.3 Å². The first kappa shape index (κ1) is 25.4. The molecule has 2 aliphatic rings. The van der Waals surface area contributed by atoms with E-state index in [2.05, 4.69) is 30.2 Å². The number of primary amides is 1. The lowest BCUT2D eigenvalue weighted by molar-refractivity contribution is -0.145. The van der Waals surface area contributed by atoms with E-state index >= 15 is 0 Å². The van der Waals surface area contributed by atoms with Gasteiger partial charge in [0.1, 0.15) is 12.6 Å². The molecule has 2 unspecified atom stereocenters. The van der Waals surface area contributed by atoms with Crippen LogP contribution in [0.5, 0.6) is 0 Å². The van der Waals surface area contributed by atoms with Crippen molar-refractivity contribution in [2.24, 2.45) is 10.7 Å². The van der Waals surface area contributed by atoms with Crippen LogP contribution >= 0.6 is 0 Å².